The third kappa shape index (κ3) is 5.86. The average molecular weight is 567 g/mol. The Labute approximate surface area is 223 Å². The molecule has 0 N–H and O–H groups in total. The molecule has 0 aliphatic rings. The van der Waals surface area contributed by atoms with Crippen molar-refractivity contribution in [1.29, 1.82) is 0 Å². The minimum absolute atomic E-state index is 0.241. The van der Waals surface area contributed by atoms with E-state index >= 15 is 0 Å². The van der Waals surface area contributed by atoms with Gasteiger partial charge in [-0.05, 0) is 73.9 Å². The Morgan fingerprint density at radius 2 is 1.92 bits per heavy atom. The van der Waals surface area contributed by atoms with Crippen LogP contribution >= 0.6 is 27.5 Å². The lowest BCUT2D eigenvalue weighted by molar-refractivity contribution is 0.267. The number of fused-ring (bicyclic) bond motifs is 1. The zero-order valence-electron chi connectivity index (χ0n) is 20.0. The van der Waals surface area contributed by atoms with E-state index in [4.69, 9.17) is 21.1 Å². The van der Waals surface area contributed by atoms with Crippen LogP contribution in [0.2, 0.25) is 5.02 Å². The van der Waals surface area contributed by atoms with Gasteiger partial charge in [0.2, 0.25) is 0 Å². The molecule has 0 saturated heterocycles. The fourth-order valence-electron chi connectivity index (χ4n) is 3.75. The van der Waals surface area contributed by atoms with Gasteiger partial charge in [0.25, 0.3) is 5.56 Å². The highest BCUT2D eigenvalue weighted by molar-refractivity contribution is 9.10. The van der Waals surface area contributed by atoms with Crippen LogP contribution in [0.5, 0.6) is 11.5 Å². The summed E-state index contributed by atoms with van der Waals surface area (Å²) in [7, 11) is 0. The molecule has 4 aromatic rings. The summed E-state index contributed by atoms with van der Waals surface area (Å²) in [5, 5.41) is 5.62. The zero-order chi connectivity index (χ0) is 25.7. The van der Waals surface area contributed by atoms with Crippen LogP contribution in [0.1, 0.15) is 29.4 Å². The number of hydrogen-bond donors (Lipinski definition) is 0. The number of rotatable bonds is 9. The zero-order valence-corrected chi connectivity index (χ0v) is 22.3. The van der Waals surface area contributed by atoms with E-state index < -0.39 is 0 Å². The Morgan fingerprint density at radius 3 is 2.64 bits per heavy atom. The summed E-state index contributed by atoms with van der Waals surface area (Å²) < 4.78 is 14.2. The quantitative estimate of drug-likeness (QED) is 0.167. The molecule has 36 heavy (non-hydrogen) atoms. The minimum atomic E-state index is -0.241. The Bertz CT molecular complexity index is 1500. The predicted molar refractivity (Wildman–Crippen MR) is 149 cm³/mol. The Balaban J connectivity index is 1.71. The molecule has 0 amide bonds. The second kappa shape index (κ2) is 11.5. The lowest BCUT2D eigenvalue weighted by atomic mass is 10.1. The van der Waals surface area contributed by atoms with Crippen LogP contribution in [0.25, 0.3) is 10.9 Å². The lowest BCUT2D eigenvalue weighted by Crippen LogP contribution is -2.20. The third-order valence-corrected chi connectivity index (χ3v) is 6.15. The number of ether oxygens (including phenoxy) is 2. The van der Waals surface area contributed by atoms with E-state index in [2.05, 4.69) is 32.6 Å². The van der Waals surface area contributed by atoms with E-state index in [0.717, 1.165) is 21.2 Å². The molecule has 0 saturated carbocycles. The molecular weight excluding hydrogens is 542 g/mol. The van der Waals surface area contributed by atoms with Crippen LogP contribution < -0.4 is 15.0 Å². The van der Waals surface area contributed by atoms with Gasteiger partial charge in [-0.3, -0.25) is 4.79 Å². The molecule has 1 heterocycles. The van der Waals surface area contributed by atoms with Gasteiger partial charge >= 0.3 is 0 Å². The van der Waals surface area contributed by atoms with Crippen molar-refractivity contribution in [2.24, 2.45) is 5.10 Å². The summed E-state index contributed by atoms with van der Waals surface area (Å²) in [6.07, 6.45) is 4.00. The number of aryl methyl sites for hydroxylation is 1. The standard InChI is InChI=1S/C28H25BrClN3O3/c1-4-6-21-13-20(14-26(35-5-2)27(21)36-17-19-7-10-23(30)11-8-19)16-31-33-18(3)32-25-12-9-22(29)15-24(25)28(33)34/h4,7-16H,1,5-6,17H2,2-3H3. The van der Waals surface area contributed by atoms with Gasteiger partial charge in [-0.1, -0.05) is 45.7 Å². The van der Waals surface area contributed by atoms with Crippen molar-refractivity contribution in [2.75, 3.05) is 6.61 Å². The normalized spacial score (nSPS) is 11.2. The fraction of sp³-hybridized carbons (Fsp3) is 0.179. The highest BCUT2D eigenvalue weighted by atomic mass is 79.9. The number of aromatic nitrogens is 2. The molecule has 0 bridgehead atoms. The van der Waals surface area contributed by atoms with Gasteiger partial charge in [0.15, 0.2) is 11.5 Å². The van der Waals surface area contributed by atoms with Crippen molar-refractivity contribution >= 4 is 44.6 Å². The van der Waals surface area contributed by atoms with E-state index in [-0.39, 0.29) is 5.56 Å². The van der Waals surface area contributed by atoms with E-state index in [1.807, 2.05) is 49.4 Å². The molecule has 3 aromatic carbocycles. The third-order valence-electron chi connectivity index (χ3n) is 5.41. The van der Waals surface area contributed by atoms with E-state index in [1.54, 1.807) is 31.3 Å². The molecule has 0 radical (unpaired) electrons. The summed E-state index contributed by atoms with van der Waals surface area (Å²) >= 11 is 9.41. The molecule has 184 valence electrons. The van der Waals surface area contributed by atoms with E-state index in [1.165, 1.54) is 4.68 Å². The number of hydrogen-bond acceptors (Lipinski definition) is 5. The molecule has 0 unspecified atom stereocenters. The molecule has 0 aliphatic carbocycles. The highest BCUT2D eigenvalue weighted by Gasteiger charge is 2.14. The topological polar surface area (TPSA) is 65.7 Å². The van der Waals surface area contributed by atoms with Crippen LogP contribution in [-0.2, 0) is 13.0 Å². The van der Waals surface area contributed by atoms with Crippen molar-refractivity contribution in [3.05, 3.63) is 110 Å². The minimum Gasteiger partial charge on any atom is -0.490 e. The summed E-state index contributed by atoms with van der Waals surface area (Å²) in [5.74, 6) is 1.73. The molecule has 0 aliphatic heterocycles. The van der Waals surface area contributed by atoms with Crippen LogP contribution in [0, 0.1) is 6.92 Å². The maximum absolute atomic E-state index is 13.1. The Kier molecular flexibility index (Phi) is 8.23. The number of nitrogens with zero attached hydrogens (tertiary/aromatic N) is 3. The van der Waals surface area contributed by atoms with Gasteiger partial charge < -0.3 is 9.47 Å². The number of allylic oxidation sites excluding steroid dienone is 1. The summed E-state index contributed by atoms with van der Waals surface area (Å²) in [4.78, 5) is 17.6. The first-order valence-corrected chi connectivity index (χ1v) is 12.6. The fourth-order valence-corrected chi connectivity index (χ4v) is 4.24. The van der Waals surface area contributed by atoms with Crippen LogP contribution in [0.3, 0.4) is 0 Å². The van der Waals surface area contributed by atoms with Gasteiger partial charge in [0.1, 0.15) is 12.4 Å². The molecule has 0 atom stereocenters. The van der Waals surface area contributed by atoms with Crippen molar-refractivity contribution in [1.82, 2.24) is 9.66 Å². The van der Waals surface area contributed by atoms with Gasteiger partial charge in [0, 0.05) is 15.1 Å². The number of benzene rings is 3. The van der Waals surface area contributed by atoms with Crippen molar-refractivity contribution in [3.63, 3.8) is 0 Å². The Hall–Kier alpha value is -3.42. The smallest absolute Gasteiger partial charge is 0.282 e. The highest BCUT2D eigenvalue weighted by Crippen LogP contribution is 2.34. The van der Waals surface area contributed by atoms with Gasteiger partial charge in [0.05, 0.1) is 23.7 Å². The van der Waals surface area contributed by atoms with Crippen molar-refractivity contribution in [2.45, 2.75) is 26.9 Å². The lowest BCUT2D eigenvalue weighted by Gasteiger charge is -2.17. The second-order valence-electron chi connectivity index (χ2n) is 8.03. The first-order chi connectivity index (χ1) is 17.4. The Morgan fingerprint density at radius 1 is 1.14 bits per heavy atom. The van der Waals surface area contributed by atoms with E-state index in [0.29, 0.717) is 52.9 Å². The van der Waals surface area contributed by atoms with Gasteiger partial charge in [-0.15, -0.1) is 6.58 Å². The summed E-state index contributed by atoms with van der Waals surface area (Å²) in [5.41, 5.74) is 3.03. The van der Waals surface area contributed by atoms with Gasteiger partial charge in [-0.25, -0.2) is 4.98 Å². The monoisotopic (exact) mass is 565 g/mol. The van der Waals surface area contributed by atoms with Crippen LogP contribution in [0.15, 0.2) is 81.6 Å². The maximum atomic E-state index is 13.1. The molecule has 8 heteroatoms. The maximum Gasteiger partial charge on any atom is 0.282 e. The average Bonchev–Trinajstić information content (AvgIpc) is 2.85. The SMILES string of the molecule is C=CCc1cc(C=Nn2c(C)nc3ccc(Br)cc3c2=O)cc(OCC)c1OCc1ccc(Cl)cc1. The first kappa shape index (κ1) is 25.7. The second-order valence-corrected chi connectivity index (χ2v) is 9.38. The van der Waals surface area contributed by atoms with Crippen molar-refractivity contribution in [3.8, 4) is 11.5 Å². The van der Waals surface area contributed by atoms with Crippen LogP contribution in [-0.4, -0.2) is 22.5 Å². The molecule has 0 spiro atoms. The number of halogens is 2. The molecule has 4 rings (SSSR count). The molecule has 6 nitrogen and oxygen atoms in total. The summed E-state index contributed by atoms with van der Waals surface area (Å²) in [6.45, 7) is 8.38. The van der Waals surface area contributed by atoms with Crippen LogP contribution in [0.4, 0.5) is 0 Å². The molecule has 0 fully saturated rings. The first-order valence-electron chi connectivity index (χ1n) is 11.4. The van der Waals surface area contributed by atoms with Gasteiger partial charge in [-0.2, -0.15) is 9.78 Å². The molecular formula is C28H25BrClN3O3. The predicted octanol–water partition coefficient (Wildman–Crippen LogP) is 6.71. The largest absolute Gasteiger partial charge is 0.490 e. The van der Waals surface area contributed by atoms with E-state index in [9.17, 15) is 4.79 Å². The molecule has 1 aromatic heterocycles. The van der Waals surface area contributed by atoms with Crippen molar-refractivity contribution < 1.29 is 9.47 Å². The summed E-state index contributed by atoms with van der Waals surface area (Å²) in [6, 6.07) is 16.7.